The summed E-state index contributed by atoms with van der Waals surface area (Å²) < 4.78 is 0. The summed E-state index contributed by atoms with van der Waals surface area (Å²) in [5, 5.41) is 11.9. The van der Waals surface area contributed by atoms with Crippen LogP contribution in [-0.2, 0) is 4.79 Å². The molecular formula is C12H21N3O2. The summed E-state index contributed by atoms with van der Waals surface area (Å²) in [6.07, 6.45) is 5.27. The van der Waals surface area contributed by atoms with Crippen molar-refractivity contribution in [1.29, 1.82) is 0 Å². The van der Waals surface area contributed by atoms with Gasteiger partial charge in [-0.3, -0.25) is 9.79 Å². The van der Waals surface area contributed by atoms with E-state index < -0.39 is 5.97 Å². The molecule has 0 saturated heterocycles. The van der Waals surface area contributed by atoms with E-state index in [1.54, 1.807) is 4.90 Å². The molecule has 96 valence electrons. The molecule has 0 aromatic rings. The van der Waals surface area contributed by atoms with E-state index in [0.717, 1.165) is 24.5 Å². The molecular weight excluding hydrogens is 218 g/mol. The fourth-order valence-electron chi connectivity index (χ4n) is 1.65. The lowest BCUT2D eigenvalue weighted by Crippen LogP contribution is -2.42. The fourth-order valence-corrected chi connectivity index (χ4v) is 1.65. The van der Waals surface area contributed by atoms with Gasteiger partial charge < -0.3 is 15.3 Å². The molecule has 0 unspecified atom stereocenters. The molecule has 0 aliphatic carbocycles. The zero-order chi connectivity index (χ0) is 12.7. The van der Waals surface area contributed by atoms with Crippen molar-refractivity contribution in [3.63, 3.8) is 0 Å². The molecule has 5 nitrogen and oxygen atoms in total. The average Bonchev–Trinajstić information content (AvgIpc) is 2.28. The molecule has 2 N–H and O–H groups in total. The third-order valence-electron chi connectivity index (χ3n) is 2.68. The molecule has 0 radical (unpaired) electrons. The third kappa shape index (κ3) is 4.89. The summed E-state index contributed by atoms with van der Waals surface area (Å²) in [4.78, 5) is 16.9. The van der Waals surface area contributed by atoms with Crippen LogP contribution in [0.4, 0.5) is 0 Å². The number of rotatable bonds is 6. The Hall–Kier alpha value is -1.52. The zero-order valence-electron chi connectivity index (χ0n) is 10.6. The first-order valence-corrected chi connectivity index (χ1v) is 6.07. The highest BCUT2D eigenvalue weighted by Crippen LogP contribution is 2.06. The Balaban J connectivity index is 2.47. The summed E-state index contributed by atoms with van der Waals surface area (Å²) in [5.74, 6) is 0.0398. The second-order valence-electron chi connectivity index (χ2n) is 4.22. The largest absolute Gasteiger partial charge is 0.480 e. The highest BCUT2D eigenvalue weighted by Gasteiger charge is 2.16. The number of aliphatic imine (C=N–C) groups is 1. The van der Waals surface area contributed by atoms with Crippen LogP contribution in [0.3, 0.4) is 0 Å². The molecule has 0 bridgehead atoms. The predicted molar refractivity (Wildman–Crippen MR) is 67.9 cm³/mol. The lowest BCUT2D eigenvalue weighted by molar-refractivity contribution is -0.137. The van der Waals surface area contributed by atoms with Crippen LogP contribution < -0.4 is 5.32 Å². The molecule has 1 aliphatic heterocycles. The first-order chi connectivity index (χ1) is 8.13. The molecule has 1 rings (SSSR count). The lowest BCUT2D eigenvalue weighted by atomic mass is 10.2. The lowest BCUT2D eigenvalue weighted by Gasteiger charge is -2.28. The summed E-state index contributed by atoms with van der Waals surface area (Å²) in [6, 6.07) is 0. The number of carbonyl (C=O) groups is 1. The van der Waals surface area contributed by atoms with E-state index in [1.807, 2.05) is 13.1 Å². The van der Waals surface area contributed by atoms with Gasteiger partial charge in [0.25, 0.3) is 0 Å². The number of amidine groups is 1. The van der Waals surface area contributed by atoms with Crippen LogP contribution in [0.25, 0.3) is 0 Å². The van der Waals surface area contributed by atoms with Crippen LogP contribution in [-0.4, -0.2) is 41.4 Å². The van der Waals surface area contributed by atoms with Gasteiger partial charge in [-0.1, -0.05) is 19.8 Å². The summed E-state index contributed by atoms with van der Waals surface area (Å²) in [5.41, 5.74) is 0.930. The number of unbranched alkanes of at least 4 members (excludes halogenated alkanes) is 2. The summed E-state index contributed by atoms with van der Waals surface area (Å²) in [6.45, 7) is 5.44. The molecule has 0 spiro atoms. The number of carboxylic acid groups (broad SMARTS) is 1. The van der Waals surface area contributed by atoms with Crippen LogP contribution in [0, 0.1) is 0 Å². The fraction of sp³-hybridized carbons (Fsp3) is 0.667. The Morgan fingerprint density at radius 1 is 1.59 bits per heavy atom. The van der Waals surface area contributed by atoms with Crippen molar-refractivity contribution >= 4 is 11.8 Å². The second kappa shape index (κ2) is 6.93. The van der Waals surface area contributed by atoms with Crippen LogP contribution in [0.5, 0.6) is 0 Å². The minimum absolute atomic E-state index is 0.0258. The first-order valence-electron chi connectivity index (χ1n) is 6.07. The Morgan fingerprint density at radius 3 is 3.00 bits per heavy atom. The van der Waals surface area contributed by atoms with Gasteiger partial charge >= 0.3 is 5.97 Å². The van der Waals surface area contributed by atoms with Crippen molar-refractivity contribution in [2.75, 3.05) is 19.6 Å². The molecule has 0 atom stereocenters. The van der Waals surface area contributed by atoms with Crippen molar-refractivity contribution in [1.82, 2.24) is 10.2 Å². The van der Waals surface area contributed by atoms with E-state index in [1.165, 1.54) is 12.8 Å². The van der Waals surface area contributed by atoms with E-state index in [4.69, 9.17) is 5.11 Å². The van der Waals surface area contributed by atoms with Gasteiger partial charge in [-0.25, -0.2) is 0 Å². The number of hydrogen-bond acceptors (Lipinski definition) is 3. The smallest absolute Gasteiger partial charge is 0.323 e. The molecule has 1 heterocycles. The van der Waals surface area contributed by atoms with Crippen LogP contribution in [0.1, 0.15) is 33.1 Å². The quantitative estimate of drug-likeness (QED) is 0.688. The molecule has 17 heavy (non-hydrogen) atoms. The monoisotopic (exact) mass is 239 g/mol. The van der Waals surface area contributed by atoms with Gasteiger partial charge in [0.15, 0.2) is 0 Å². The summed E-state index contributed by atoms with van der Waals surface area (Å²) in [7, 11) is 0. The van der Waals surface area contributed by atoms with E-state index >= 15 is 0 Å². The van der Waals surface area contributed by atoms with Crippen molar-refractivity contribution in [3.05, 3.63) is 11.9 Å². The van der Waals surface area contributed by atoms with Crippen LogP contribution in [0.15, 0.2) is 16.9 Å². The highest BCUT2D eigenvalue weighted by atomic mass is 16.4. The van der Waals surface area contributed by atoms with E-state index in [2.05, 4.69) is 17.2 Å². The molecule has 0 aromatic carbocycles. The van der Waals surface area contributed by atoms with Crippen molar-refractivity contribution in [2.45, 2.75) is 33.1 Å². The highest BCUT2D eigenvalue weighted by molar-refractivity contribution is 5.86. The molecule has 0 aromatic heterocycles. The Morgan fingerprint density at radius 2 is 2.35 bits per heavy atom. The molecule has 0 saturated carbocycles. The molecule has 1 aliphatic rings. The Kier molecular flexibility index (Phi) is 5.52. The maximum Gasteiger partial charge on any atom is 0.323 e. The average molecular weight is 239 g/mol. The predicted octanol–water partition coefficient (Wildman–Crippen LogP) is 1.43. The number of aliphatic carboxylic acids is 1. The van der Waals surface area contributed by atoms with Gasteiger partial charge in [-0.2, -0.15) is 0 Å². The summed E-state index contributed by atoms with van der Waals surface area (Å²) >= 11 is 0. The minimum Gasteiger partial charge on any atom is -0.480 e. The zero-order valence-corrected chi connectivity index (χ0v) is 10.6. The van der Waals surface area contributed by atoms with Gasteiger partial charge in [-0.15, -0.1) is 0 Å². The SMILES string of the molecule is CCCCCN=C1CN(CC(=O)O)C(C)=CN1. The number of nitrogens with zero attached hydrogens (tertiary/aromatic N) is 2. The van der Waals surface area contributed by atoms with Crippen LogP contribution >= 0.6 is 0 Å². The van der Waals surface area contributed by atoms with Gasteiger partial charge in [0.05, 0.1) is 6.54 Å². The number of nitrogens with one attached hydrogen (secondary N) is 1. The molecule has 0 amide bonds. The Bertz CT molecular complexity index is 324. The van der Waals surface area contributed by atoms with Crippen molar-refractivity contribution in [3.8, 4) is 0 Å². The Labute approximate surface area is 102 Å². The van der Waals surface area contributed by atoms with E-state index in [-0.39, 0.29) is 6.54 Å². The normalized spacial score (nSPS) is 17.9. The number of hydrogen-bond donors (Lipinski definition) is 2. The van der Waals surface area contributed by atoms with E-state index in [0.29, 0.717) is 6.54 Å². The van der Waals surface area contributed by atoms with Crippen molar-refractivity contribution < 1.29 is 9.90 Å². The van der Waals surface area contributed by atoms with Crippen LogP contribution in [0.2, 0.25) is 0 Å². The maximum absolute atomic E-state index is 10.7. The number of allylic oxidation sites excluding steroid dienone is 1. The standard InChI is InChI=1S/C12H21N3O2/c1-3-4-5-6-13-11-8-15(9-12(16)17)10(2)7-14-11/h7H,3-6,8-9H2,1-2H3,(H,13,14)(H,16,17). The van der Waals surface area contributed by atoms with E-state index in [9.17, 15) is 4.79 Å². The first kappa shape index (κ1) is 13.5. The topological polar surface area (TPSA) is 64.9 Å². The molecule has 0 fully saturated rings. The van der Waals surface area contributed by atoms with Gasteiger partial charge in [0, 0.05) is 18.4 Å². The maximum atomic E-state index is 10.7. The number of carboxylic acids is 1. The second-order valence-corrected chi connectivity index (χ2v) is 4.22. The van der Waals surface area contributed by atoms with Crippen molar-refractivity contribution in [2.24, 2.45) is 4.99 Å². The third-order valence-corrected chi connectivity index (χ3v) is 2.68. The minimum atomic E-state index is -0.815. The van der Waals surface area contributed by atoms with Gasteiger partial charge in [0.2, 0.25) is 0 Å². The van der Waals surface area contributed by atoms with Gasteiger partial charge in [-0.05, 0) is 13.3 Å². The van der Waals surface area contributed by atoms with Gasteiger partial charge in [0.1, 0.15) is 12.4 Å². The molecule has 5 heteroatoms.